The number of fused-ring (bicyclic) bond motifs is 2. The lowest BCUT2D eigenvalue weighted by Gasteiger charge is -2.27. The van der Waals surface area contributed by atoms with Crippen molar-refractivity contribution in [1.29, 1.82) is 0 Å². The molecule has 0 aliphatic carbocycles. The molecule has 0 bridgehead atoms. The Morgan fingerprint density at radius 3 is 2.81 bits per heavy atom. The molecular formula is C20H22N2O3S. The van der Waals surface area contributed by atoms with Gasteiger partial charge in [-0.3, -0.25) is 4.99 Å². The molecule has 0 aromatic heterocycles. The molecule has 0 fully saturated rings. The molecule has 26 heavy (non-hydrogen) atoms. The minimum absolute atomic E-state index is 0.445. The zero-order valence-electron chi connectivity index (χ0n) is 14.8. The van der Waals surface area contributed by atoms with E-state index in [1.165, 1.54) is 27.3 Å². The van der Waals surface area contributed by atoms with Gasteiger partial charge < -0.3 is 4.74 Å². The fraction of sp³-hybridized carbons (Fsp3) is 0.350. The molecule has 2 aliphatic rings. The van der Waals surface area contributed by atoms with Gasteiger partial charge in [0.1, 0.15) is 12.4 Å². The average molecular weight is 370 g/mol. The minimum Gasteiger partial charge on any atom is -0.489 e. The zero-order valence-corrected chi connectivity index (χ0v) is 15.6. The topological polar surface area (TPSA) is 59.0 Å². The van der Waals surface area contributed by atoms with Gasteiger partial charge in [-0.25, -0.2) is 8.42 Å². The fourth-order valence-electron chi connectivity index (χ4n) is 3.48. The van der Waals surface area contributed by atoms with Crippen LogP contribution in [0.3, 0.4) is 0 Å². The van der Waals surface area contributed by atoms with Crippen LogP contribution >= 0.6 is 0 Å². The molecule has 0 amide bonds. The lowest BCUT2D eigenvalue weighted by atomic mass is 10.00. The average Bonchev–Trinajstić information content (AvgIpc) is 2.65. The van der Waals surface area contributed by atoms with Crippen molar-refractivity contribution in [1.82, 2.24) is 4.31 Å². The van der Waals surface area contributed by atoms with E-state index in [0.29, 0.717) is 19.7 Å². The number of benzene rings is 2. The van der Waals surface area contributed by atoms with E-state index in [0.717, 1.165) is 36.3 Å². The largest absolute Gasteiger partial charge is 0.489 e. The SMILES string of the molecule is CS(=O)(=O)N1CCc2cc(OCc3ccc4c(c3)CCN=C4)ccc2C1. The highest BCUT2D eigenvalue weighted by molar-refractivity contribution is 7.88. The van der Waals surface area contributed by atoms with Crippen molar-refractivity contribution in [3.63, 3.8) is 0 Å². The molecule has 2 aromatic carbocycles. The maximum absolute atomic E-state index is 11.7. The first-order valence-corrected chi connectivity index (χ1v) is 10.7. The summed E-state index contributed by atoms with van der Waals surface area (Å²) >= 11 is 0. The van der Waals surface area contributed by atoms with E-state index in [1.54, 1.807) is 0 Å². The van der Waals surface area contributed by atoms with Crippen molar-refractivity contribution in [2.24, 2.45) is 4.99 Å². The normalized spacial score (nSPS) is 16.8. The Balaban J connectivity index is 1.45. The van der Waals surface area contributed by atoms with Gasteiger partial charge in [-0.15, -0.1) is 0 Å². The molecule has 2 aliphatic heterocycles. The highest BCUT2D eigenvalue weighted by Gasteiger charge is 2.23. The van der Waals surface area contributed by atoms with Gasteiger partial charge in [0.25, 0.3) is 0 Å². The molecule has 0 unspecified atom stereocenters. The van der Waals surface area contributed by atoms with Crippen LogP contribution in [0.1, 0.15) is 27.8 Å². The lowest BCUT2D eigenvalue weighted by molar-refractivity contribution is 0.305. The predicted molar refractivity (Wildman–Crippen MR) is 102 cm³/mol. The first-order chi connectivity index (χ1) is 12.5. The van der Waals surface area contributed by atoms with Crippen LogP contribution in [0.2, 0.25) is 0 Å². The molecule has 6 heteroatoms. The zero-order chi connectivity index (χ0) is 18.1. The predicted octanol–water partition coefficient (Wildman–Crippen LogP) is 2.56. The van der Waals surface area contributed by atoms with Gasteiger partial charge in [-0.05, 0) is 52.8 Å². The van der Waals surface area contributed by atoms with Crippen LogP contribution in [-0.4, -0.2) is 38.3 Å². The molecule has 0 radical (unpaired) electrons. The van der Waals surface area contributed by atoms with E-state index in [2.05, 4.69) is 23.2 Å². The summed E-state index contributed by atoms with van der Waals surface area (Å²) in [5, 5.41) is 0. The molecule has 5 nitrogen and oxygen atoms in total. The quantitative estimate of drug-likeness (QED) is 0.831. The molecule has 0 atom stereocenters. The molecule has 2 heterocycles. The summed E-state index contributed by atoms with van der Waals surface area (Å²) in [5.41, 5.74) is 5.91. The van der Waals surface area contributed by atoms with Crippen molar-refractivity contribution in [3.05, 3.63) is 64.2 Å². The van der Waals surface area contributed by atoms with Crippen LogP contribution in [0.25, 0.3) is 0 Å². The summed E-state index contributed by atoms with van der Waals surface area (Å²) in [6.45, 7) is 2.35. The van der Waals surface area contributed by atoms with Crippen LogP contribution < -0.4 is 4.74 Å². The Morgan fingerprint density at radius 1 is 1.08 bits per heavy atom. The Labute approximate surface area is 154 Å². The molecule has 0 saturated heterocycles. The summed E-state index contributed by atoms with van der Waals surface area (Å²) in [7, 11) is -3.14. The molecule has 0 spiro atoms. The third-order valence-corrected chi connectivity index (χ3v) is 6.23. The molecule has 4 rings (SSSR count). The Bertz CT molecular complexity index is 967. The molecule has 0 saturated carbocycles. The summed E-state index contributed by atoms with van der Waals surface area (Å²) in [4.78, 5) is 4.31. The van der Waals surface area contributed by atoms with Crippen LogP contribution in [0, 0.1) is 0 Å². The van der Waals surface area contributed by atoms with Crippen LogP contribution in [0.4, 0.5) is 0 Å². The maximum Gasteiger partial charge on any atom is 0.211 e. The van der Waals surface area contributed by atoms with E-state index in [-0.39, 0.29) is 0 Å². The fourth-order valence-corrected chi connectivity index (χ4v) is 4.28. The summed E-state index contributed by atoms with van der Waals surface area (Å²) < 4.78 is 30.9. The van der Waals surface area contributed by atoms with Crippen LogP contribution in [-0.2, 0) is 36.0 Å². The smallest absolute Gasteiger partial charge is 0.211 e. The number of aliphatic imine (C=N–C) groups is 1. The Kier molecular flexibility index (Phi) is 4.54. The molecule has 2 aromatic rings. The third kappa shape index (κ3) is 3.66. The van der Waals surface area contributed by atoms with E-state index in [4.69, 9.17) is 4.74 Å². The Morgan fingerprint density at radius 2 is 1.96 bits per heavy atom. The number of nitrogens with zero attached hydrogens (tertiary/aromatic N) is 2. The van der Waals surface area contributed by atoms with Crippen molar-refractivity contribution in [2.75, 3.05) is 19.3 Å². The van der Waals surface area contributed by atoms with Gasteiger partial charge in [-0.1, -0.05) is 24.3 Å². The van der Waals surface area contributed by atoms with E-state index in [9.17, 15) is 8.42 Å². The van der Waals surface area contributed by atoms with Gasteiger partial charge in [0.05, 0.1) is 6.26 Å². The monoisotopic (exact) mass is 370 g/mol. The number of hydrogen-bond acceptors (Lipinski definition) is 4. The van der Waals surface area contributed by atoms with Crippen molar-refractivity contribution < 1.29 is 13.2 Å². The Hall–Kier alpha value is -2.18. The second kappa shape index (κ2) is 6.85. The molecular weight excluding hydrogens is 348 g/mol. The minimum atomic E-state index is -3.14. The number of sulfonamides is 1. The lowest BCUT2D eigenvalue weighted by Crippen LogP contribution is -2.35. The number of hydrogen-bond donors (Lipinski definition) is 0. The first-order valence-electron chi connectivity index (χ1n) is 8.80. The van der Waals surface area contributed by atoms with Crippen molar-refractivity contribution in [3.8, 4) is 5.75 Å². The summed E-state index contributed by atoms with van der Waals surface area (Å²) in [5.74, 6) is 0.829. The molecule has 136 valence electrons. The summed E-state index contributed by atoms with van der Waals surface area (Å²) in [6, 6.07) is 12.3. The maximum atomic E-state index is 11.7. The van der Waals surface area contributed by atoms with Gasteiger partial charge in [0.2, 0.25) is 10.0 Å². The van der Waals surface area contributed by atoms with E-state index < -0.39 is 10.0 Å². The van der Waals surface area contributed by atoms with Gasteiger partial charge in [0.15, 0.2) is 0 Å². The highest BCUT2D eigenvalue weighted by atomic mass is 32.2. The highest BCUT2D eigenvalue weighted by Crippen LogP contribution is 2.26. The van der Waals surface area contributed by atoms with Gasteiger partial charge in [-0.2, -0.15) is 4.31 Å². The van der Waals surface area contributed by atoms with Crippen molar-refractivity contribution in [2.45, 2.75) is 26.0 Å². The second-order valence-corrected chi connectivity index (χ2v) is 8.87. The van der Waals surface area contributed by atoms with Crippen molar-refractivity contribution >= 4 is 16.2 Å². The summed E-state index contributed by atoms with van der Waals surface area (Å²) in [6.07, 6.45) is 4.90. The first kappa shape index (κ1) is 17.2. The number of ether oxygens (including phenoxy) is 1. The van der Waals surface area contributed by atoms with Gasteiger partial charge >= 0.3 is 0 Å². The number of rotatable bonds is 4. The van der Waals surface area contributed by atoms with E-state index in [1.807, 2.05) is 24.4 Å². The second-order valence-electron chi connectivity index (χ2n) is 6.88. The van der Waals surface area contributed by atoms with Crippen LogP contribution in [0.5, 0.6) is 5.75 Å². The standard InChI is InChI=1S/C20H22N2O3S/c1-26(23,24)22-9-7-17-11-20(5-4-19(17)13-22)25-14-15-2-3-18-12-21-8-6-16(18)10-15/h2-5,10-12H,6-9,13-14H2,1H3. The van der Waals surface area contributed by atoms with Crippen LogP contribution in [0.15, 0.2) is 41.4 Å². The molecule has 0 N–H and O–H groups in total. The third-order valence-electron chi connectivity index (χ3n) is 4.98. The van der Waals surface area contributed by atoms with Gasteiger partial charge in [0, 0.05) is 25.8 Å². The van der Waals surface area contributed by atoms with E-state index >= 15 is 0 Å².